The molecule has 0 fully saturated rings. The molecular weight excluding hydrogens is 354 g/mol. The van der Waals surface area contributed by atoms with Crippen LogP contribution in [-0.2, 0) is 11.2 Å². The molecule has 0 spiro atoms. The lowest BCUT2D eigenvalue weighted by molar-refractivity contribution is -0.117. The minimum atomic E-state index is -0.168. The summed E-state index contributed by atoms with van der Waals surface area (Å²) in [6, 6.07) is 13.9. The van der Waals surface area contributed by atoms with Gasteiger partial charge >= 0.3 is 0 Å². The van der Waals surface area contributed by atoms with Crippen LogP contribution in [0.1, 0.15) is 36.8 Å². The Balaban J connectivity index is 1.83. The third-order valence-electron chi connectivity index (χ3n) is 4.12. The first-order chi connectivity index (χ1) is 11.2. The number of hydrogen-bond acceptors (Lipinski definition) is 2. The van der Waals surface area contributed by atoms with Crippen molar-refractivity contribution in [1.82, 2.24) is 0 Å². The number of rotatable bonds is 6. The molecule has 1 N–H and O–H groups in total. The number of ether oxygens (including phenoxy) is 1. The molecule has 2 aromatic carbocycles. The summed E-state index contributed by atoms with van der Waals surface area (Å²) in [5.74, 6) is 0.775. The van der Waals surface area contributed by atoms with E-state index in [0.29, 0.717) is 13.0 Å². The molecular formula is C19H20BrNO2. The van der Waals surface area contributed by atoms with Gasteiger partial charge in [-0.25, -0.2) is 0 Å². The third kappa shape index (κ3) is 3.58. The minimum Gasteiger partial charge on any atom is -0.493 e. The highest BCUT2D eigenvalue weighted by molar-refractivity contribution is 9.10. The first-order valence-electron chi connectivity index (χ1n) is 8.00. The maximum Gasteiger partial charge on any atom is 0.232 e. The van der Waals surface area contributed by atoms with Crippen LogP contribution in [0.15, 0.2) is 46.9 Å². The van der Waals surface area contributed by atoms with E-state index in [2.05, 4.69) is 28.2 Å². The fourth-order valence-corrected chi connectivity index (χ4v) is 3.24. The summed E-state index contributed by atoms with van der Waals surface area (Å²) in [4.78, 5) is 12.4. The summed E-state index contributed by atoms with van der Waals surface area (Å²) in [6.07, 6.45) is 2.79. The van der Waals surface area contributed by atoms with Gasteiger partial charge in [0.1, 0.15) is 5.75 Å². The Bertz CT molecular complexity index is 714. The Morgan fingerprint density at radius 1 is 1.22 bits per heavy atom. The summed E-state index contributed by atoms with van der Waals surface area (Å²) in [6.45, 7) is 2.86. The van der Waals surface area contributed by atoms with Gasteiger partial charge in [0, 0.05) is 10.2 Å². The van der Waals surface area contributed by atoms with Crippen molar-refractivity contribution in [1.29, 1.82) is 0 Å². The number of benzene rings is 2. The molecule has 0 saturated heterocycles. The van der Waals surface area contributed by atoms with Crippen molar-refractivity contribution in [3.63, 3.8) is 0 Å². The average Bonchev–Trinajstić information content (AvgIpc) is 2.85. The number of anilines is 1. The molecule has 1 aliphatic rings. The van der Waals surface area contributed by atoms with Gasteiger partial charge in [-0.15, -0.1) is 0 Å². The van der Waals surface area contributed by atoms with Gasteiger partial charge in [-0.3, -0.25) is 4.79 Å². The zero-order chi connectivity index (χ0) is 16.2. The number of hydrogen-bond donors (Lipinski definition) is 1. The van der Waals surface area contributed by atoms with Gasteiger partial charge < -0.3 is 10.1 Å². The van der Waals surface area contributed by atoms with Crippen molar-refractivity contribution < 1.29 is 9.53 Å². The molecule has 1 aliphatic heterocycles. The van der Waals surface area contributed by atoms with Crippen LogP contribution in [0.3, 0.4) is 0 Å². The summed E-state index contributed by atoms with van der Waals surface area (Å²) in [5, 5.41) is 2.97. The number of amides is 1. The standard InChI is InChI=1S/C19H20BrNO2/c1-2-3-10-23-18-7-5-4-6-13(18)11-16-15-12-14(20)8-9-17(15)21-19(16)22/h4-9,12,16H,2-3,10-11H2,1H3,(H,21,22)/t16-/m0/s1. The van der Waals surface area contributed by atoms with E-state index in [9.17, 15) is 4.79 Å². The van der Waals surface area contributed by atoms with E-state index in [1.165, 1.54) is 0 Å². The second-order valence-electron chi connectivity index (χ2n) is 5.79. The fourth-order valence-electron chi connectivity index (χ4n) is 2.86. The first-order valence-corrected chi connectivity index (χ1v) is 8.79. The Morgan fingerprint density at radius 2 is 2.04 bits per heavy atom. The Kier molecular flexibility index (Phi) is 5.01. The summed E-state index contributed by atoms with van der Waals surface area (Å²) in [7, 11) is 0. The maximum atomic E-state index is 12.4. The van der Waals surface area contributed by atoms with Crippen molar-refractivity contribution in [3.8, 4) is 5.75 Å². The molecule has 3 rings (SSSR count). The number of halogens is 1. The quantitative estimate of drug-likeness (QED) is 0.730. The van der Waals surface area contributed by atoms with Gasteiger partial charge in [0.15, 0.2) is 0 Å². The predicted octanol–water partition coefficient (Wildman–Crippen LogP) is 4.91. The van der Waals surface area contributed by atoms with Crippen LogP contribution >= 0.6 is 15.9 Å². The number of unbranched alkanes of at least 4 members (excludes halogenated alkanes) is 1. The second-order valence-corrected chi connectivity index (χ2v) is 6.70. The van der Waals surface area contributed by atoms with Crippen LogP contribution in [0.5, 0.6) is 5.75 Å². The lowest BCUT2D eigenvalue weighted by Gasteiger charge is -2.14. The number of fused-ring (bicyclic) bond motifs is 1. The molecule has 0 unspecified atom stereocenters. The molecule has 1 amide bonds. The van der Waals surface area contributed by atoms with Crippen molar-refractivity contribution in [3.05, 3.63) is 58.1 Å². The van der Waals surface area contributed by atoms with E-state index in [0.717, 1.165) is 39.9 Å². The fraction of sp³-hybridized carbons (Fsp3) is 0.316. The Hall–Kier alpha value is -1.81. The number of carbonyl (C=O) groups is 1. The highest BCUT2D eigenvalue weighted by atomic mass is 79.9. The average molecular weight is 374 g/mol. The van der Waals surface area contributed by atoms with E-state index in [4.69, 9.17) is 4.74 Å². The van der Waals surface area contributed by atoms with E-state index in [1.807, 2.05) is 42.5 Å². The lowest BCUT2D eigenvalue weighted by Crippen LogP contribution is -2.15. The van der Waals surface area contributed by atoms with Crippen molar-refractivity contribution >= 4 is 27.5 Å². The summed E-state index contributed by atoms with van der Waals surface area (Å²) in [5.41, 5.74) is 3.04. The van der Waals surface area contributed by atoms with Crippen LogP contribution in [-0.4, -0.2) is 12.5 Å². The molecule has 1 atom stereocenters. The van der Waals surface area contributed by atoms with Gasteiger partial charge in [-0.05, 0) is 48.2 Å². The first kappa shape index (κ1) is 16.1. The molecule has 1 heterocycles. The van der Waals surface area contributed by atoms with Crippen LogP contribution in [0.25, 0.3) is 0 Å². The Morgan fingerprint density at radius 3 is 2.87 bits per heavy atom. The second kappa shape index (κ2) is 7.18. The van der Waals surface area contributed by atoms with Crippen molar-refractivity contribution in [2.24, 2.45) is 0 Å². The smallest absolute Gasteiger partial charge is 0.232 e. The topological polar surface area (TPSA) is 38.3 Å². The molecule has 4 heteroatoms. The van der Waals surface area contributed by atoms with Gasteiger partial charge in [-0.1, -0.05) is 47.5 Å². The molecule has 2 aromatic rings. The van der Waals surface area contributed by atoms with E-state index >= 15 is 0 Å². The molecule has 120 valence electrons. The van der Waals surface area contributed by atoms with Crippen LogP contribution < -0.4 is 10.1 Å². The zero-order valence-corrected chi connectivity index (χ0v) is 14.7. The number of carbonyl (C=O) groups excluding carboxylic acids is 1. The number of para-hydroxylation sites is 1. The molecule has 0 bridgehead atoms. The lowest BCUT2D eigenvalue weighted by atomic mass is 9.93. The molecule has 0 radical (unpaired) electrons. The highest BCUT2D eigenvalue weighted by Gasteiger charge is 2.31. The Labute approximate surface area is 145 Å². The van der Waals surface area contributed by atoms with Gasteiger partial charge in [0.2, 0.25) is 5.91 Å². The van der Waals surface area contributed by atoms with E-state index in [1.54, 1.807) is 0 Å². The third-order valence-corrected chi connectivity index (χ3v) is 4.61. The van der Waals surface area contributed by atoms with Gasteiger partial charge in [0.05, 0.1) is 12.5 Å². The number of nitrogens with one attached hydrogen (secondary N) is 1. The van der Waals surface area contributed by atoms with Crippen molar-refractivity contribution in [2.75, 3.05) is 11.9 Å². The zero-order valence-electron chi connectivity index (χ0n) is 13.1. The van der Waals surface area contributed by atoms with Gasteiger partial charge in [-0.2, -0.15) is 0 Å². The highest BCUT2D eigenvalue weighted by Crippen LogP contribution is 2.37. The molecule has 23 heavy (non-hydrogen) atoms. The normalized spacial score (nSPS) is 16.1. The monoisotopic (exact) mass is 373 g/mol. The molecule has 0 aromatic heterocycles. The SMILES string of the molecule is CCCCOc1ccccc1C[C@@H]1C(=O)Nc2ccc(Br)cc21. The van der Waals surface area contributed by atoms with Gasteiger partial charge in [0.25, 0.3) is 0 Å². The molecule has 0 aliphatic carbocycles. The van der Waals surface area contributed by atoms with Crippen LogP contribution in [0.4, 0.5) is 5.69 Å². The summed E-state index contributed by atoms with van der Waals surface area (Å²) < 4.78 is 6.88. The predicted molar refractivity (Wildman–Crippen MR) is 96.1 cm³/mol. The van der Waals surface area contributed by atoms with Crippen molar-refractivity contribution in [2.45, 2.75) is 32.1 Å². The van der Waals surface area contributed by atoms with E-state index < -0.39 is 0 Å². The molecule has 0 saturated carbocycles. The largest absolute Gasteiger partial charge is 0.493 e. The van der Waals surface area contributed by atoms with E-state index in [-0.39, 0.29) is 11.8 Å². The van der Waals surface area contributed by atoms with Crippen LogP contribution in [0, 0.1) is 0 Å². The summed E-state index contributed by atoms with van der Waals surface area (Å²) >= 11 is 3.49. The molecule has 3 nitrogen and oxygen atoms in total. The minimum absolute atomic E-state index is 0.0569. The van der Waals surface area contributed by atoms with Crippen LogP contribution in [0.2, 0.25) is 0 Å². The maximum absolute atomic E-state index is 12.4.